The highest BCUT2D eigenvalue weighted by atomic mass is 35.5. The fraction of sp³-hybridized carbons (Fsp3) is 0.0909. The molecule has 1 aromatic heterocycles. The van der Waals surface area contributed by atoms with Crippen molar-refractivity contribution in [1.82, 2.24) is 9.97 Å². The molecule has 0 spiro atoms. The Morgan fingerprint density at radius 1 is 1.39 bits per heavy atom. The van der Waals surface area contributed by atoms with E-state index in [0.29, 0.717) is 0 Å². The Morgan fingerprint density at radius 3 is 2.83 bits per heavy atom. The normalized spacial score (nSPS) is 10.1. The van der Waals surface area contributed by atoms with Crippen LogP contribution in [0.15, 0.2) is 30.6 Å². The van der Waals surface area contributed by atoms with E-state index in [1.54, 1.807) is 19.1 Å². The van der Waals surface area contributed by atoms with Gasteiger partial charge in [0.2, 0.25) is 11.6 Å². The molecule has 0 unspecified atom stereocenters. The first kappa shape index (κ1) is 12.3. The van der Waals surface area contributed by atoms with Gasteiger partial charge in [-0.1, -0.05) is 17.7 Å². The monoisotopic (exact) mass is 265 g/mol. The van der Waals surface area contributed by atoms with E-state index in [4.69, 9.17) is 16.3 Å². The molecule has 0 aliphatic rings. The Kier molecular flexibility index (Phi) is 3.38. The quantitative estimate of drug-likeness (QED) is 0.629. The van der Waals surface area contributed by atoms with Gasteiger partial charge in [0.25, 0.3) is 0 Å². The molecular formula is C11H8ClN3O3. The van der Waals surface area contributed by atoms with Gasteiger partial charge in [0.05, 0.1) is 17.3 Å². The number of hydrogen-bond acceptors (Lipinski definition) is 5. The van der Waals surface area contributed by atoms with Gasteiger partial charge in [-0.2, -0.15) is 4.98 Å². The smallest absolute Gasteiger partial charge is 0.311 e. The van der Waals surface area contributed by atoms with Crippen LogP contribution in [0.25, 0.3) is 0 Å². The first-order valence-electron chi connectivity index (χ1n) is 4.96. The van der Waals surface area contributed by atoms with Crippen LogP contribution in [0.2, 0.25) is 5.15 Å². The van der Waals surface area contributed by atoms with Gasteiger partial charge in [0.1, 0.15) is 0 Å². The summed E-state index contributed by atoms with van der Waals surface area (Å²) in [4.78, 5) is 18.0. The molecule has 0 saturated carbocycles. The molecule has 18 heavy (non-hydrogen) atoms. The Bertz CT molecular complexity index is 604. The summed E-state index contributed by atoms with van der Waals surface area (Å²) in [6.45, 7) is 1.81. The SMILES string of the molecule is Cc1ccc([N+](=O)[O-])c(Oc2cncc(Cl)n2)c1. The highest BCUT2D eigenvalue weighted by molar-refractivity contribution is 6.29. The average molecular weight is 266 g/mol. The fourth-order valence-corrected chi connectivity index (χ4v) is 1.48. The van der Waals surface area contributed by atoms with E-state index in [-0.39, 0.29) is 22.5 Å². The van der Waals surface area contributed by atoms with E-state index >= 15 is 0 Å². The van der Waals surface area contributed by atoms with E-state index in [0.717, 1.165) is 5.56 Å². The van der Waals surface area contributed by atoms with Crippen molar-refractivity contribution >= 4 is 17.3 Å². The molecule has 0 amide bonds. The molecule has 0 fully saturated rings. The van der Waals surface area contributed by atoms with Gasteiger partial charge in [0.15, 0.2) is 5.15 Å². The molecular weight excluding hydrogens is 258 g/mol. The molecule has 0 radical (unpaired) electrons. The number of aromatic nitrogens is 2. The lowest BCUT2D eigenvalue weighted by Gasteiger charge is -2.05. The summed E-state index contributed by atoms with van der Waals surface area (Å²) >= 11 is 5.66. The van der Waals surface area contributed by atoms with Crippen molar-refractivity contribution in [2.24, 2.45) is 0 Å². The van der Waals surface area contributed by atoms with Crippen molar-refractivity contribution in [3.8, 4) is 11.6 Å². The molecule has 0 aliphatic heterocycles. The Morgan fingerprint density at radius 2 is 2.17 bits per heavy atom. The molecule has 7 heteroatoms. The van der Waals surface area contributed by atoms with E-state index in [1.807, 2.05) is 0 Å². The maximum Gasteiger partial charge on any atom is 0.311 e. The van der Waals surface area contributed by atoms with Gasteiger partial charge in [0, 0.05) is 6.07 Å². The number of nitrogens with zero attached hydrogens (tertiary/aromatic N) is 3. The molecule has 1 heterocycles. The zero-order chi connectivity index (χ0) is 13.1. The average Bonchev–Trinajstić information content (AvgIpc) is 2.28. The summed E-state index contributed by atoms with van der Waals surface area (Å²) in [5, 5.41) is 11.0. The number of nitro benzene ring substituents is 1. The summed E-state index contributed by atoms with van der Waals surface area (Å²) in [5.41, 5.74) is 0.702. The second kappa shape index (κ2) is 4.97. The van der Waals surface area contributed by atoms with E-state index < -0.39 is 4.92 Å². The van der Waals surface area contributed by atoms with Crippen LogP contribution in [0.1, 0.15) is 5.56 Å². The minimum absolute atomic E-state index is 0.108. The second-order valence-corrected chi connectivity index (χ2v) is 3.90. The zero-order valence-corrected chi connectivity index (χ0v) is 10.1. The minimum atomic E-state index is -0.521. The van der Waals surface area contributed by atoms with Gasteiger partial charge in [-0.05, 0) is 18.6 Å². The number of rotatable bonds is 3. The number of halogens is 1. The molecule has 0 saturated heterocycles. The maximum absolute atomic E-state index is 10.9. The van der Waals surface area contributed by atoms with Crippen LogP contribution in [0.4, 0.5) is 5.69 Å². The van der Waals surface area contributed by atoms with E-state index in [1.165, 1.54) is 18.5 Å². The summed E-state index contributed by atoms with van der Waals surface area (Å²) in [6, 6.07) is 4.57. The van der Waals surface area contributed by atoms with Crippen LogP contribution in [0.3, 0.4) is 0 Å². The summed E-state index contributed by atoms with van der Waals surface area (Å²) in [6.07, 6.45) is 2.68. The molecule has 0 bridgehead atoms. The van der Waals surface area contributed by atoms with Crippen molar-refractivity contribution in [1.29, 1.82) is 0 Å². The van der Waals surface area contributed by atoms with Crippen molar-refractivity contribution in [3.63, 3.8) is 0 Å². The largest absolute Gasteiger partial charge is 0.430 e. The maximum atomic E-state index is 10.9. The molecule has 1 aromatic carbocycles. The Balaban J connectivity index is 2.39. The lowest BCUT2D eigenvalue weighted by atomic mass is 10.2. The third-order valence-corrected chi connectivity index (χ3v) is 2.29. The van der Waals surface area contributed by atoms with Crippen molar-refractivity contribution in [2.75, 3.05) is 0 Å². The van der Waals surface area contributed by atoms with Gasteiger partial charge in [-0.15, -0.1) is 0 Å². The minimum Gasteiger partial charge on any atom is -0.430 e. The van der Waals surface area contributed by atoms with Crippen LogP contribution in [-0.2, 0) is 0 Å². The lowest BCUT2D eigenvalue weighted by Crippen LogP contribution is -1.95. The molecule has 92 valence electrons. The zero-order valence-electron chi connectivity index (χ0n) is 9.33. The summed E-state index contributed by atoms with van der Waals surface area (Å²) < 4.78 is 5.33. The molecule has 6 nitrogen and oxygen atoms in total. The molecule has 0 atom stereocenters. The van der Waals surface area contributed by atoms with Crippen molar-refractivity contribution in [2.45, 2.75) is 6.92 Å². The number of benzene rings is 1. The van der Waals surface area contributed by atoms with Gasteiger partial charge in [-0.3, -0.25) is 15.1 Å². The van der Waals surface area contributed by atoms with Gasteiger partial charge < -0.3 is 4.74 Å². The molecule has 0 aliphatic carbocycles. The summed E-state index contributed by atoms with van der Waals surface area (Å²) in [7, 11) is 0. The summed E-state index contributed by atoms with van der Waals surface area (Å²) in [5.74, 6) is 0.216. The number of hydrogen-bond donors (Lipinski definition) is 0. The number of nitro groups is 1. The Labute approximate surface area is 107 Å². The lowest BCUT2D eigenvalue weighted by molar-refractivity contribution is -0.385. The number of aryl methyl sites for hydroxylation is 1. The molecule has 0 N–H and O–H groups in total. The predicted octanol–water partition coefficient (Wildman–Crippen LogP) is 3.14. The van der Waals surface area contributed by atoms with E-state index in [2.05, 4.69) is 9.97 Å². The third kappa shape index (κ3) is 2.72. The highest BCUT2D eigenvalue weighted by Crippen LogP contribution is 2.31. The van der Waals surface area contributed by atoms with Crippen molar-refractivity contribution in [3.05, 3.63) is 51.4 Å². The van der Waals surface area contributed by atoms with Crippen LogP contribution < -0.4 is 4.74 Å². The van der Waals surface area contributed by atoms with Crippen LogP contribution >= 0.6 is 11.6 Å². The Hall–Kier alpha value is -2.21. The third-order valence-electron chi connectivity index (χ3n) is 2.11. The van der Waals surface area contributed by atoms with Crippen LogP contribution in [0, 0.1) is 17.0 Å². The fourth-order valence-electron chi connectivity index (χ4n) is 1.34. The van der Waals surface area contributed by atoms with Crippen LogP contribution in [0.5, 0.6) is 11.6 Å². The molecule has 2 rings (SSSR count). The highest BCUT2D eigenvalue weighted by Gasteiger charge is 2.16. The topological polar surface area (TPSA) is 78.2 Å². The first-order chi connectivity index (χ1) is 8.56. The standard InChI is InChI=1S/C11H8ClN3O3/c1-7-2-3-8(15(16)17)9(4-7)18-11-6-13-5-10(12)14-11/h2-6H,1H3. The van der Waals surface area contributed by atoms with Gasteiger partial charge >= 0.3 is 5.69 Å². The van der Waals surface area contributed by atoms with Crippen LogP contribution in [-0.4, -0.2) is 14.9 Å². The van der Waals surface area contributed by atoms with Crippen molar-refractivity contribution < 1.29 is 9.66 Å². The van der Waals surface area contributed by atoms with E-state index in [9.17, 15) is 10.1 Å². The first-order valence-corrected chi connectivity index (χ1v) is 5.34. The second-order valence-electron chi connectivity index (χ2n) is 3.51. The number of ether oxygens (including phenoxy) is 1. The molecule has 2 aromatic rings. The predicted molar refractivity (Wildman–Crippen MR) is 64.9 cm³/mol. The van der Waals surface area contributed by atoms with Gasteiger partial charge in [-0.25, -0.2) is 0 Å².